The van der Waals surface area contributed by atoms with Crippen molar-refractivity contribution in [1.82, 2.24) is 25.1 Å². The number of amides is 1. The Morgan fingerprint density at radius 3 is 2.76 bits per heavy atom. The van der Waals surface area contributed by atoms with E-state index in [9.17, 15) is 4.79 Å². The third-order valence-electron chi connectivity index (χ3n) is 4.44. The minimum Gasteiger partial charge on any atom is -0.466 e. The number of carbonyl (C=O) groups excluding carboxylic acids is 1. The zero-order chi connectivity index (χ0) is 17.4. The number of aryl methyl sites for hydroxylation is 2. The van der Waals surface area contributed by atoms with Gasteiger partial charge in [0.05, 0.1) is 12.1 Å². The quantitative estimate of drug-likeness (QED) is 0.780. The Morgan fingerprint density at radius 1 is 1.24 bits per heavy atom. The first kappa shape index (κ1) is 15.6. The second kappa shape index (κ2) is 6.19. The molecule has 25 heavy (non-hydrogen) atoms. The number of aromatic nitrogens is 4. The van der Waals surface area contributed by atoms with E-state index in [0.717, 1.165) is 18.9 Å². The predicted molar refractivity (Wildman–Crippen MR) is 91.6 cm³/mol. The van der Waals surface area contributed by atoms with Gasteiger partial charge >= 0.3 is 0 Å². The molecule has 4 rings (SSSR count). The lowest BCUT2D eigenvalue weighted by atomic mass is 10.2. The highest BCUT2D eigenvalue weighted by Crippen LogP contribution is 2.18. The van der Waals surface area contributed by atoms with E-state index in [0.29, 0.717) is 28.6 Å². The third kappa shape index (κ3) is 2.95. The van der Waals surface area contributed by atoms with Crippen molar-refractivity contribution >= 4 is 17.4 Å². The van der Waals surface area contributed by atoms with Crippen LogP contribution >= 0.6 is 0 Å². The number of fused-ring (bicyclic) bond motifs is 1. The molecule has 0 spiro atoms. The topological polar surface area (TPSA) is 88.6 Å². The highest BCUT2D eigenvalue weighted by Gasteiger charge is 2.17. The van der Waals surface area contributed by atoms with Gasteiger partial charge in [0, 0.05) is 13.1 Å². The summed E-state index contributed by atoms with van der Waals surface area (Å²) in [6.07, 6.45) is 2.38. The van der Waals surface area contributed by atoms with Gasteiger partial charge < -0.3 is 14.6 Å². The average Bonchev–Trinajstić information content (AvgIpc) is 3.32. The lowest BCUT2D eigenvalue weighted by Gasteiger charge is -2.15. The van der Waals surface area contributed by atoms with Gasteiger partial charge in [-0.3, -0.25) is 4.79 Å². The number of nitrogens with zero attached hydrogens (tertiary/aromatic N) is 5. The molecule has 4 heterocycles. The number of nitrogens with one attached hydrogen (secondary N) is 1. The van der Waals surface area contributed by atoms with Crippen molar-refractivity contribution in [2.45, 2.75) is 33.2 Å². The SMILES string of the molecule is Cc1cc(C(=O)NCc2nnc3ccc(N4CCCC4)nn23)c(C)o1. The van der Waals surface area contributed by atoms with Crippen LogP contribution in [0.4, 0.5) is 5.82 Å². The van der Waals surface area contributed by atoms with E-state index in [1.54, 1.807) is 17.5 Å². The Bertz CT molecular complexity index is 923. The molecule has 1 amide bonds. The van der Waals surface area contributed by atoms with Crippen molar-refractivity contribution in [3.63, 3.8) is 0 Å². The van der Waals surface area contributed by atoms with E-state index in [4.69, 9.17) is 4.42 Å². The number of rotatable bonds is 4. The summed E-state index contributed by atoms with van der Waals surface area (Å²) in [4.78, 5) is 14.6. The van der Waals surface area contributed by atoms with Crippen LogP contribution in [-0.4, -0.2) is 38.8 Å². The van der Waals surface area contributed by atoms with Crippen molar-refractivity contribution in [3.05, 3.63) is 41.1 Å². The molecule has 3 aromatic rings. The number of anilines is 1. The summed E-state index contributed by atoms with van der Waals surface area (Å²) in [6.45, 7) is 5.88. The fourth-order valence-electron chi connectivity index (χ4n) is 3.16. The normalized spacial score (nSPS) is 14.4. The van der Waals surface area contributed by atoms with E-state index in [2.05, 4.69) is 25.5 Å². The van der Waals surface area contributed by atoms with Crippen molar-refractivity contribution < 1.29 is 9.21 Å². The summed E-state index contributed by atoms with van der Waals surface area (Å²) >= 11 is 0. The minimum atomic E-state index is -0.193. The lowest BCUT2D eigenvalue weighted by molar-refractivity contribution is 0.0948. The van der Waals surface area contributed by atoms with E-state index in [1.807, 2.05) is 19.1 Å². The molecule has 0 saturated carbocycles. The van der Waals surface area contributed by atoms with Crippen LogP contribution in [0, 0.1) is 13.8 Å². The Hall–Kier alpha value is -2.90. The van der Waals surface area contributed by atoms with Gasteiger partial charge in [-0.1, -0.05) is 0 Å². The lowest BCUT2D eigenvalue weighted by Crippen LogP contribution is -2.25. The summed E-state index contributed by atoms with van der Waals surface area (Å²) in [5, 5.41) is 15.8. The van der Waals surface area contributed by atoms with Crippen molar-refractivity contribution in [2.24, 2.45) is 0 Å². The highest BCUT2D eigenvalue weighted by molar-refractivity contribution is 5.95. The van der Waals surface area contributed by atoms with Crippen molar-refractivity contribution in [3.8, 4) is 0 Å². The first-order valence-electron chi connectivity index (χ1n) is 8.43. The van der Waals surface area contributed by atoms with Crippen LogP contribution in [0.2, 0.25) is 0 Å². The van der Waals surface area contributed by atoms with E-state index < -0.39 is 0 Å². The Labute approximate surface area is 144 Å². The fourth-order valence-corrected chi connectivity index (χ4v) is 3.16. The zero-order valence-corrected chi connectivity index (χ0v) is 14.3. The van der Waals surface area contributed by atoms with E-state index in [-0.39, 0.29) is 12.5 Å². The van der Waals surface area contributed by atoms with Crippen molar-refractivity contribution in [2.75, 3.05) is 18.0 Å². The fraction of sp³-hybridized carbons (Fsp3) is 0.412. The number of furan rings is 1. The van der Waals surface area contributed by atoms with Gasteiger partial charge in [-0.05, 0) is 44.9 Å². The van der Waals surface area contributed by atoms with Crippen LogP contribution in [0.15, 0.2) is 22.6 Å². The maximum absolute atomic E-state index is 12.3. The molecule has 130 valence electrons. The molecule has 1 saturated heterocycles. The highest BCUT2D eigenvalue weighted by atomic mass is 16.3. The Balaban J connectivity index is 1.53. The third-order valence-corrected chi connectivity index (χ3v) is 4.44. The van der Waals surface area contributed by atoms with Crippen LogP contribution in [0.5, 0.6) is 0 Å². The molecule has 0 radical (unpaired) electrons. The number of hydrogen-bond donors (Lipinski definition) is 1. The maximum atomic E-state index is 12.3. The van der Waals surface area contributed by atoms with Crippen LogP contribution in [0.3, 0.4) is 0 Å². The smallest absolute Gasteiger partial charge is 0.255 e. The van der Waals surface area contributed by atoms with Gasteiger partial charge in [-0.25, -0.2) is 0 Å². The van der Waals surface area contributed by atoms with Crippen LogP contribution in [-0.2, 0) is 6.54 Å². The van der Waals surface area contributed by atoms with Crippen LogP contribution < -0.4 is 10.2 Å². The molecule has 1 aliphatic heterocycles. The summed E-state index contributed by atoms with van der Waals surface area (Å²) in [7, 11) is 0. The first-order chi connectivity index (χ1) is 12.1. The molecule has 0 aliphatic carbocycles. The maximum Gasteiger partial charge on any atom is 0.255 e. The Morgan fingerprint density at radius 2 is 2.04 bits per heavy atom. The Kier molecular flexibility index (Phi) is 3.87. The second-order valence-electron chi connectivity index (χ2n) is 6.28. The van der Waals surface area contributed by atoms with Crippen molar-refractivity contribution in [1.29, 1.82) is 0 Å². The molecule has 1 fully saturated rings. The van der Waals surface area contributed by atoms with Gasteiger partial charge in [0.1, 0.15) is 17.3 Å². The summed E-state index contributed by atoms with van der Waals surface area (Å²) in [5.41, 5.74) is 1.21. The van der Waals surface area contributed by atoms with Crippen LogP contribution in [0.1, 0.15) is 40.5 Å². The molecule has 1 aliphatic rings. The summed E-state index contributed by atoms with van der Waals surface area (Å²) in [5.74, 6) is 2.64. The molecule has 0 aromatic carbocycles. The first-order valence-corrected chi connectivity index (χ1v) is 8.43. The number of hydrogen-bond acceptors (Lipinski definition) is 6. The molecular weight excluding hydrogens is 320 g/mol. The molecule has 0 atom stereocenters. The van der Waals surface area contributed by atoms with Gasteiger partial charge in [0.15, 0.2) is 11.5 Å². The van der Waals surface area contributed by atoms with Gasteiger partial charge in [0.25, 0.3) is 5.91 Å². The number of carbonyl (C=O) groups is 1. The average molecular weight is 340 g/mol. The van der Waals surface area contributed by atoms with Gasteiger partial charge in [-0.2, -0.15) is 4.52 Å². The molecule has 0 unspecified atom stereocenters. The monoisotopic (exact) mass is 340 g/mol. The molecule has 1 N–H and O–H groups in total. The molecular formula is C17H20N6O2. The van der Waals surface area contributed by atoms with E-state index >= 15 is 0 Å². The molecule has 3 aromatic heterocycles. The second-order valence-corrected chi connectivity index (χ2v) is 6.28. The summed E-state index contributed by atoms with van der Waals surface area (Å²) < 4.78 is 7.10. The molecule has 8 heteroatoms. The largest absolute Gasteiger partial charge is 0.466 e. The minimum absolute atomic E-state index is 0.193. The standard InChI is InChI=1S/C17H20N6O2/c1-11-9-13(12(2)25-11)17(24)18-10-16-20-19-14-5-6-15(21-23(14)16)22-7-3-4-8-22/h5-6,9H,3-4,7-8,10H2,1-2H3,(H,18,24). The van der Waals surface area contributed by atoms with Gasteiger partial charge in [0.2, 0.25) is 0 Å². The summed E-state index contributed by atoms with van der Waals surface area (Å²) in [6, 6.07) is 5.61. The molecule has 8 nitrogen and oxygen atoms in total. The molecule has 0 bridgehead atoms. The van der Waals surface area contributed by atoms with Gasteiger partial charge in [-0.15, -0.1) is 15.3 Å². The zero-order valence-electron chi connectivity index (χ0n) is 14.3. The van der Waals surface area contributed by atoms with Crippen LogP contribution in [0.25, 0.3) is 5.65 Å². The predicted octanol–water partition coefficient (Wildman–Crippen LogP) is 1.86. The van der Waals surface area contributed by atoms with E-state index in [1.165, 1.54) is 12.8 Å².